The van der Waals surface area contributed by atoms with Crippen LogP contribution in [0.2, 0.25) is 0 Å². The fourth-order valence-corrected chi connectivity index (χ4v) is 6.73. The second kappa shape index (κ2) is 10.9. The summed E-state index contributed by atoms with van der Waals surface area (Å²) in [5.74, 6) is 0.116. The number of morpholine rings is 1. The molecule has 10 nitrogen and oxygen atoms in total. The number of carbonyl (C=O) groups is 1. The van der Waals surface area contributed by atoms with Crippen molar-refractivity contribution in [2.24, 2.45) is 0 Å². The van der Waals surface area contributed by atoms with Crippen LogP contribution in [0.1, 0.15) is 25.5 Å². The number of benzene rings is 2. The minimum atomic E-state index is -4.08. The lowest BCUT2D eigenvalue weighted by Crippen LogP contribution is -2.44. The maximum absolute atomic E-state index is 14.6. The largest absolute Gasteiger partial charge is 0.395 e. The molecule has 2 amide bonds. The number of urea groups is 1. The Kier molecular flexibility index (Phi) is 7.52. The fraction of sp³-hybridized carbons (Fsp3) is 0.370. The fourth-order valence-electron chi connectivity index (χ4n) is 4.71. The van der Waals surface area contributed by atoms with Crippen LogP contribution >= 0.6 is 0 Å². The van der Waals surface area contributed by atoms with E-state index in [1.54, 1.807) is 30.3 Å². The molecule has 0 unspecified atom stereocenters. The van der Waals surface area contributed by atoms with Gasteiger partial charge in [0, 0.05) is 30.4 Å². The topological polar surface area (TPSA) is 134 Å². The molecule has 2 fully saturated rings. The average Bonchev–Trinajstić information content (AvgIpc) is 3.76. The summed E-state index contributed by atoms with van der Waals surface area (Å²) in [6.45, 7) is 3.56. The third-order valence-electron chi connectivity index (χ3n) is 6.98. The van der Waals surface area contributed by atoms with Crippen molar-refractivity contribution in [3.8, 4) is 11.4 Å². The zero-order chi connectivity index (χ0) is 27.6. The lowest BCUT2D eigenvalue weighted by atomic mass is 10.1. The normalized spacial score (nSPS) is 18.4. The highest BCUT2D eigenvalue weighted by molar-refractivity contribution is 7.92. The second-order valence-electron chi connectivity index (χ2n) is 9.66. The summed E-state index contributed by atoms with van der Waals surface area (Å²) in [5.41, 5.74) is 1.47. The van der Waals surface area contributed by atoms with Gasteiger partial charge in [-0.25, -0.2) is 27.6 Å². The molecule has 1 aromatic heterocycles. The van der Waals surface area contributed by atoms with Crippen molar-refractivity contribution < 1.29 is 27.4 Å². The zero-order valence-corrected chi connectivity index (χ0v) is 22.2. The Labute approximate surface area is 226 Å². The summed E-state index contributed by atoms with van der Waals surface area (Å²) in [6, 6.07) is 13.5. The number of aliphatic hydroxyl groups excluding tert-OH is 1. The van der Waals surface area contributed by atoms with Crippen LogP contribution in [-0.2, 0) is 19.3 Å². The van der Waals surface area contributed by atoms with Gasteiger partial charge >= 0.3 is 6.03 Å². The molecule has 1 atom stereocenters. The van der Waals surface area contributed by atoms with Gasteiger partial charge in [-0.2, -0.15) is 0 Å². The van der Waals surface area contributed by atoms with E-state index >= 15 is 0 Å². The van der Waals surface area contributed by atoms with E-state index in [0.29, 0.717) is 61.2 Å². The van der Waals surface area contributed by atoms with Crippen molar-refractivity contribution in [3.63, 3.8) is 0 Å². The minimum Gasteiger partial charge on any atom is -0.395 e. The summed E-state index contributed by atoms with van der Waals surface area (Å²) in [7, 11) is -4.08. The number of nitrogens with zero attached hydrogens (tertiary/aromatic N) is 3. The number of hydrogen-bond donors (Lipinski definition) is 3. The number of nitrogens with one attached hydrogen (secondary N) is 2. The number of carbonyl (C=O) groups excluding carboxylic acids is 1. The number of ether oxygens (including phenoxy) is 1. The van der Waals surface area contributed by atoms with E-state index in [4.69, 9.17) is 19.8 Å². The van der Waals surface area contributed by atoms with Gasteiger partial charge in [0.05, 0.1) is 31.6 Å². The number of anilines is 2. The maximum atomic E-state index is 14.6. The standard InChI is InChI=1S/C27H30FN5O5S/c1-18-17-38-15-13-33(18)24-16-23(27(10-11-27)39(36,37)22-5-3-2-4-21(22)28)31-25(32-24)19-6-8-20(9-7-19)30-26(35)29-12-14-34/h2-9,16,18,34H,10-15,17H2,1H3,(H2,29,30,35)/t18-/m0/s1. The first kappa shape index (κ1) is 27.0. The summed E-state index contributed by atoms with van der Waals surface area (Å²) in [6.07, 6.45) is 0.647. The molecule has 2 aromatic carbocycles. The van der Waals surface area contributed by atoms with Crippen LogP contribution in [0.4, 0.5) is 20.7 Å². The van der Waals surface area contributed by atoms with Crippen LogP contribution in [0.15, 0.2) is 59.5 Å². The summed E-state index contributed by atoms with van der Waals surface area (Å²) < 4.78 is 46.4. The molecular formula is C27H30FN5O5S. The molecule has 1 aliphatic carbocycles. The van der Waals surface area contributed by atoms with E-state index in [1.165, 1.54) is 18.2 Å². The number of hydrogen-bond acceptors (Lipinski definition) is 8. The first-order chi connectivity index (χ1) is 18.7. The molecule has 0 bridgehead atoms. The van der Waals surface area contributed by atoms with Crippen LogP contribution < -0.4 is 15.5 Å². The first-order valence-corrected chi connectivity index (χ1v) is 14.2. The number of halogens is 1. The van der Waals surface area contributed by atoms with Crippen LogP contribution in [0, 0.1) is 5.82 Å². The molecule has 1 saturated heterocycles. The Hall–Kier alpha value is -3.61. The van der Waals surface area contributed by atoms with Gasteiger partial charge in [0.15, 0.2) is 15.7 Å². The monoisotopic (exact) mass is 555 g/mol. The third-order valence-corrected chi connectivity index (χ3v) is 9.54. The number of aromatic nitrogens is 2. The Morgan fingerprint density at radius 1 is 1.18 bits per heavy atom. The smallest absolute Gasteiger partial charge is 0.319 e. The van der Waals surface area contributed by atoms with Crippen molar-refractivity contribution in [1.29, 1.82) is 0 Å². The molecule has 3 N–H and O–H groups in total. The van der Waals surface area contributed by atoms with Gasteiger partial charge in [-0.15, -0.1) is 0 Å². The Bertz CT molecular complexity index is 1460. The quantitative estimate of drug-likeness (QED) is 0.386. The van der Waals surface area contributed by atoms with Gasteiger partial charge in [0.1, 0.15) is 21.3 Å². The van der Waals surface area contributed by atoms with Crippen LogP contribution in [0.3, 0.4) is 0 Å². The van der Waals surface area contributed by atoms with E-state index in [2.05, 4.69) is 15.5 Å². The predicted molar refractivity (Wildman–Crippen MR) is 144 cm³/mol. The van der Waals surface area contributed by atoms with Crippen molar-refractivity contribution in [1.82, 2.24) is 15.3 Å². The van der Waals surface area contributed by atoms with Gasteiger partial charge in [-0.1, -0.05) is 12.1 Å². The number of aliphatic hydroxyl groups is 1. The van der Waals surface area contributed by atoms with Crippen LogP contribution in [-0.4, -0.2) is 68.5 Å². The lowest BCUT2D eigenvalue weighted by Gasteiger charge is -2.34. The summed E-state index contributed by atoms with van der Waals surface area (Å²) >= 11 is 0. The van der Waals surface area contributed by atoms with Gasteiger partial charge in [-0.3, -0.25) is 0 Å². The van der Waals surface area contributed by atoms with E-state index in [-0.39, 0.29) is 24.1 Å². The van der Waals surface area contributed by atoms with E-state index in [9.17, 15) is 17.6 Å². The average molecular weight is 556 g/mol. The molecular weight excluding hydrogens is 525 g/mol. The molecule has 2 aliphatic rings. The Morgan fingerprint density at radius 2 is 1.92 bits per heavy atom. The predicted octanol–water partition coefficient (Wildman–Crippen LogP) is 3.08. The van der Waals surface area contributed by atoms with Gasteiger partial charge in [-0.05, 0) is 56.2 Å². The molecule has 206 valence electrons. The molecule has 39 heavy (non-hydrogen) atoms. The van der Waals surface area contributed by atoms with Gasteiger partial charge in [0.2, 0.25) is 0 Å². The molecule has 1 aliphatic heterocycles. The Morgan fingerprint density at radius 3 is 2.59 bits per heavy atom. The summed E-state index contributed by atoms with van der Waals surface area (Å²) in [4.78, 5) is 23.1. The number of amides is 2. The molecule has 3 aromatic rings. The highest BCUT2D eigenvalue weighted by Gasteiger charge is 2.58. The van der Waals surface area contributed by atoms with Gasteiger partial charge in [0.25, 0.3) is 0 Å². The number of sulfone groups is 1. The van der Waals surface area contributed by atoms with E-state index < -0.39 is 26.4 Å². The van der Waals surface area contributed by atoms with Gasteiger partial charge < -0.3 is 25.4 Å². The first-order valence-electron chi connectivity index (χ1n) is 12.7. The Balaban J connectivity index is 1.54. The molecule has 5 rings (SSSR count). The van der Waals surface area contributed by atoms with Crippen molar-refractivity contribution in [2.45, 2.75) is 35.4 Å². The maximum Gasteiger partial charge on any atom is 0.319 e. The zero-order valence-electron chi connectivity index (χ0n) is 21.4. The highest BCUT2D eigenvalue weighted by atomic mass is 32.2. The van der Waals surface area contributed by atoms with Crippen LogP contribution in [0.25, 0.3) is 11.4 Å². The summed E-state index contributed by atoms with van der Waals surface area (Å²) in [5, 5.41) is 14.1. The lowest BCUT2D eigenvalue weighted by molar-refractivity contribution is 0.0985. The van der Waals surface area contributed by atoms with E-state index in [0.717, 1.165) is 6.07 Å². The van der Waals surface area contributed by atoms with Crippen molar-refractivity contribution in [3.05, 3.63) is 66.1 Å². The van der Waals surface area contributed by atoms with Crippen molar-refractivity contribution in [2.75, 3.05) is 43.1 Å². The molecule has 2 heterocycles. The SMILES string of the molecule is C[C@H]1COCCN1c1cc(C2(S(=O)(=O)c3ccccc3F)CC2)nc(-c2ccc(NC(=O)NCCO)cc2)n1. The number of rotatable bonds is 8. The third kappa shape index (κ3) is 5.32. The second-order valence-corrected chi connectivity index (χ2v) is 11.9. The van der Waals surface area contributed by atoms with E-state index in [1.807, 2.05) is 6.92 Å². The molecule has 1 saturated carbocycles. The van der Waals surface area contributed by atoms with Crippen molar-refractivity contribution >= 4 is 27.4 Å². The molecule has 0 radical (unpaired) electrons. The molecule has 0 spiro atoms. The van der Waals surface area contributed by atoms with Crippen LogP contribution in [0.5, 0.6) is 0 Å². The highest BCUT2D eigenvalue weighted by Crippen LogP contribution is 2.55. The molecule has 12 heteroatoms. The minimum absolute atomic E-state index is 0.0108.